The van der Waals surface area contributed by atoms with Gasteiger partial charge in [-0.25, -0.2) is 9.29 Å². The molecule has 0 atom stereocenters. The van der Waals surface area contributed by atoms with Gasteiger partial charge in [0.1, 0.15) is 17.3 Å². The molecule has 3 aromatic carbocycles. The summed E-state index contributed by atoms with van der Waals surface area (Å²) in [4.78, 5) is 27.6. The van der Waals surface area contributed by atoms with E-state index in [4.69, 9.17) is 10.00 Å². The fraction of sp³-hybridized carbons (Fsp3) is 0.0417. The Bertz CT molecular complexity index is 1240. The topological polar surface area (TPSA) is 82.4 Å². The molecule has 3 aromatic rings. The van der Waals surface area contributed by atoms with Crippen LogP contribution in [0.25, 0.3) is 5.57 Å². The standard InChI is InChI=1S/C24H16FN3O3/c1-31-20-4-2-3-18(13-20)27-22-21(16-7-9-17(25)10-8-16)23(29)28(24(22)30)19-11-5-15(14-26)6-12-19/h2-13,27H,1H3. The Balaban J connectivity index is 1.80. The zero-order valence-electron chi connectivity index (χ0n) is 16.4. The first-order valence-corrected chi connectivity index (χ1v) is 9.32. The van der Waals surface area contributed by atoms with Crippen molar-refractivity contribution in [2.45, 2.75) is 0 Å². The van der Waals surface area contributed by atoms with Crippen LogP contribution in [-0.4, -0.2) is 18.9 Å². The Morgan fingerprint density at radius 2 is 1.68 bits per heavy atom. The van der Waals surface area contributed by atoms with E-state index in [0.717, 1.165) is 4.90 Å². The second-order valence-corrected chi connectivity index (χ2v) is 6.72. The fourth-order valence-corrected chi connectivity index (χ4v) is 3.29. The fourth-order valence-electron chi connectivity index (χ4n) is 3.29. The minimum Gasteiger partial charge on any atom is -0.497 e. The van der Waals surface area contributed by atoms with Crippen LogP contribution in [0.1, 0.15) is 11.1 Å². The summed E-state index contributed by atoms with van der Waals surface area (Å²) in [5, 5.41) is 12.0. The van der Waals surface area contributed by atoms with Crippen LogP contribution in [0.2, 0.25) is 0 Å². The Labute approximate surface area is 177 Å². The van der Waals surface area contributed by atoms with Crippen molar-refractivity contribution in [3.63, 3.8) is 0 Å². The number of imide groups is 1. The van der Waals surface area contributed by atoms with Gasteiger partial charge >= 0.3 is 0 Å². The minimum atomic E-state index is -0.558. The van der Waals surface area contributed by atoms with Gasteiger partial charge in [0.15, 0.2) is 0 Å². The molecule has 1 aliphatic heterocycles. The molecule has 0 saturated heterocycles. The third kappa shape index (κ3) is 3.74. The van der Waals surface area contributed by atoms with E-state index < -0.39 is 17.6 Å². The lowest BCUT2D eigenvalue weighted by Gasteiger charge is -2.15. The number of nitrogens with zero attached hydrogens (tertiary/aromatic N) is 2. The summed E-state index contributed by atoms with van der Waals surface area (Å²) >= 11 is 0. The quantitative estimate of drug-likeness (QED) is 0.637. The summed E-state index contributed by atoms with van der Waals surface area (Å²) in [6, 6.07) is 20.4. The maximum Gasteiger partial charge on any atom is 0.282 e. The molecule has 0 fully saturated rings. The van der Waals surface area contributed by atoms with Gasteiger partial charge in [-0.05, 0) is 54.1 Å². The largest absolute Gasteiger partial charge is 0.497 e. The zero-order chi connectivity index (χ0) is 22.0. The van der Waals surface area contributed by atoms with E-state index in [2.05, 4.69) is 5.32 Å². The van der Waals surface area contributed by atoms with Crippen molar-refractivity contribution in [3.05, 3.63) is 95.4 Å². The third-order valence-electron chi connectivity index (χ3n) is 4.81. The molecule has 1 heterocycles. The molecule has 1 aliphatic rings. The lowest BCUT2D eigenvalue weighted by molar-refractivity contribution is -0.120. The molecular formula is C24H16FN3O3. The number of ether oxygens (including phenoxy) is 1. The van der Waals surface area contributed by atoms with Crippen LogP contribution >= 0.6 is 0 Å². The molecule has 7 heteroatoms. The molecule has 0 aliphatic carbocycles. The monoisotopic (exact) mass is 413 g/mol. The number of carbonyl (C=O) groups excluding carboxylic acids is 2. The predicted molar refractivity (Wildman–Crippen MR) is 114 cm³/mol. The Morgan fingerprint density at radius 3 is 2.32 bits per heavy atom. The summed E-state index contributed by atoms with van der Waals surface area (Å²) in [7, 11) is 1.53. The predicted octanol–water partition coefficient (Wildman–Crippen LogP) is 4.10. The van der Waals surface area contributed by atoms with Crippen molar-refractivity contribution >= 4 is 28.8 Å². The van der Waals surface area contributed by atoms with Crippen molar-refractivity contribution in [1.29, 1.82) is 5.26 Å². The van der Waals surface area contributed by atoms with Gasteiger partial charge in [0.2, 0.25) is 0 Å². The summed E-state index contributed by atoms with van der Waals surface area (Å²) < 4.78 is 18.7. The molecule has 1 N–H and O–H groups in total. The molecule has 0 spiro atoms. The van der Waals surface area contributed by atoms with Crippen LogP contribution in [0.5, 0.6) is 5.75 Å². The van der Waals surface area contributed by atoms with Gasteiger partial charge in [0.05, 0.1) is 30.0 Å². The second kappa shape index (κ2) is 8.13. The van der Waals surface area contributed by atoms with E-state index in [0.29, 0.717) is 28.3 Å². The number of nitriles is 1. The van der Waals surface area contributed by atoms with E-state index in [1.165, 1.54) is 55.6 Å². The molecule has 6 nitrogen and oxygen atoms in total. The smallest absolute Gasteiger partial charge is 0.282 e. The van der Waals surface area contributed by atoms with Crippen molar-refractivity contribution in [3.8, 4) is 11.8 Å². The highest BCUT2D eigenvalue weighted by molar-refractivity contribution is 6.46. The van der Waals surface area contributed by atoms with Crippen molar-refractivity contribution in [2.75, 3.05) is 17.3 Å². The Hall–Kier alpha value is -4.44. The van der Waals surface area contributed by atoms with Gasteiger partial charge in [-0.1, -0.05) is 18.2 Å². The molecule has 0 aromatic heterocycles. The Kier molecular flexibility index (Phi) is 5.21. The lowest BCUT2D eigenvalue weighted by atomic mass is 10.0. The third-order valence-corrected chi connectivity index (χ3v) is 4.81. The van der Waals surface area contributed by atoms with Gasteiger partial charge < -0.3 is 10.1 Å². The van der Waals surface area contributed by atoms with Crippen LogP contribution in [-0.2, 0) is 9.59 Å². The van der Waals surface area contributed by atoms with Crippen molar-refractivity contribution in [2.24, 2.45) is 0 Å². The van der Waals surface area contributed by atoms with E-state index >= 15 is 0 Å². The van der Waals surface area contributed by atoms with Crippen molar-refractivity contribution in [1.82, 2.24) is 0 Å². The zero-order valence-corrected chi connectivity index (χ0v) is 16.4. The highest BCUT2D eigenvalue weighted by Crippen LogP contribution is 2.34. The average Bonchev–Trinajstić information content (AvgIpc) is 3.04. The maximum absolute atomic E-state index is 13.5. The first-order chi connectivity index (χ1) is 15.0. The number of amides is 2. The summed E-state index contributed by atoms with van der Waals surface area (Å²) in [5.41, 5.74) is 1.88. The summed E-state index contributed by atoms with van der Waals surface area (Å²) in [5.74, 6) is -0.981. The van der Waals surface area contributed by atoms with Crippen LogP contribution in [0.3, 0.4) is 0 Å². The van der Waals surface area contributed by atoms with Gasteiger partial charge in [-0.15, -0.1) is 0 Å². The number of methoxy groups -OCH3 is 1. The number of benzene rings is 3. The lowest BCUT2D eigenvalue weighted by Crippen LogP contribution is -2.32. The summed E-state index contributed by atoms with van der Waals surface area (Å²) in [6.07, 6.45) is 0. The van der Waals surface area contributed by atoms with Crippen LogP contribution < -0.4 is 15.0 Å². The molecule has 152 valence electrons. The molecule has 0 bridgehead atoms. The number of carbonyl (C=O) groups is 2. The second-order valence-electron chi connectivity index (χ2n) is 6.72. The van der Waals surface area contributed by atoms with E-state index in [1.807, 2.05) is 6.07 Å². The Morgan fingerprint density at radius 1 is 0.968 bits per heavy atom. The molecule has 0 radical (unpaired) electrons. The SMILES string of the molecule is COc1cccc(NC2=C(c3ccc(F)cc3)C(=O)N(c3ccc(C#N)cc3)C2=O)c1. The maximum atomic E-state index is 13.5. The highest BCUT2D eigenvalue weighted by Gasteiger charge is 2.40. The van der Waals surface area contributed by atoms with E-state index in [1.54, 1.807) is 24.3 Å². The van der Waals surface area contributed by atoms with Crippen LogP contribution in [0, 0.1) is 17.1 Å². The number of hydrogen-bond donors (Lipinski definition) is 1. The molecular weight excluding hydrogens is 397 g/mol. The average molecular weight is 413 g/mol. The van der Waals surface area contributed by atoms with Gasteiger partial charge in [0, 0.05) is 11.8 Å². The number of rotatable bonds is 5. The van der Waals surface area contributed by atoms with Gasteiger partial charge in [-0.3, -0.25) is 9.59 Å². The van der Waals surface area contributed by atoms with Crippen LogP contribution in [0.4, 0.5) is 15.8 Å². The minimum absolute atomic E-state index is 0.0641. The van der Waals surface area contributed by atoms with Gasteiger partial charge in [-0.2, -0.15) is 5.26 Å². The number of nitrogens with one attached hydrogen (secondary N) is 1. The van der Waals surface area contributed by atoms with E-state index in [-0.39, 0.29) is 11.3 Å². The molecule has 4 rings (SSSR count). The number of anilines is 2. The summed E-state index contributed by atoms with van der Waals surface area (Å²) in [6.45, 7) is 0. The highest BCUT2D eigenvalue weighted by atomic mass is 19.1. The van der Waals surface area contributed by atoms with Crippen molar-refractivity contribution < 1.29 is 18.7 Å². The number of halogens is 1. The number of hydrogen-bond acceptors (Lipinski definition) is 5. The van der Waals surface area contributed by atoms with Crippen LogP contribution in [0.15, 0.2) is 78.5 Å². The molecule has 31 heavy (non-hydrogen) atoms. The van der Waals surface area contributed by atoms with Gasteiger partial charge in [0.25, 0.3) is 11.8 Å². The van der Waals surface area contributed by atoms with E-state index in [9.17, 15) is 14.0 Å². The first kappa shape index (κ1) is 19.9. The first-order valence-electron chi connectivity index (χ1n) is 9.32. The molecule has 0 saturated carbocycles. The molecule has 2 amide bonds. The normalized spacial score (nSPS) is 13.4. The molecule has 0 unspecified atom stereocenters.